The van der Waals surface area contributed by atoms with E-state index in [0.29, 0.717) is 70.7 Å². The first-order chi connectivity index (χ1) is 39.2. The van der Waals surface area contributed by atoms with Gasteiger partial charge in [-0.2, -0.15) is 8.78 Å². The van der Waals surface area contributed by atoms with Crippen LogP contribution >= 0.6 is 23.1 Å². The molecule has 3 fully saturated rings. The number of alkyl halides is 2. The number of fused-ring (bicyclic) bond motifs is 1. The number of carbonyl (C=O) groups is 5. The summed E-state index contributed by atoms with van der Waals surface area (Å²) in [6.07, 6.45) is -4.92. The Bertz CT molecular complexity index is 3250. The molecule has 18 nitrogen and oxygen atoms in total. The maximum absolute atomic E-state index is 15.9. The van der Waals surface area contributed by atoms with E-state index in [1.807, 2.05) is 108 Å². The second-order valence-electron chi connectivity index (χ2n) is 19.9. The van der Waals surface area contributed by atoms with Crippen LogP contribution in [-0.4, -0.2) is 147 Å². The number of carbonyl (C=O) groups excluding carboxylic acids is 5. The van der Waals surface area contributed by atoms with E-state index in [4.69, 9.17) is 24.0 Å². The highest BCUT2D eigenvalue weighted by Gasteiger charge is 2.55. The van der Waals surface area contributed by atoms with E-state index in [0.717, 1.165) is 16.7 Å². The maximum atomic E-state index is 15.9. The second-order valence-corrected chi connectivity index (χ2v) is 21.8. The smallest absolute Gasteiger partial charge is 0.414 e. The fourth-order valence-corrected chi connectivity index (χ4v) is 12.6. The average Bonchev–Trinajstić information content (AvgIpc) is 4.31. The summed E-state index contributed by atoms with van der Waals surface area (Å²) in [7, 11) is 4.90. The van der Waals surface area contributed by atoms with Crippen LogP contribution < -0.4 is 30.5 Å². The highest BCUT2D eigenvalue weighted by Crippen LogP contribution is 2.43. The van der Waals surface area contributed by atoms with Gasteiger partial charge >= 0.3 is 18.5 Å². The van der Waals surface area contributed by atoms with Crippen molar-refractivity contribution in [1.29, 1.82) is 0 Å². The molecule has 0 spiro atoms. The molecular formula is C58H57F3N9O9S2+. The van der Waals surface area contributed by atoms with Crippen molar-refractivity contribution >= 4 is 75.1 Å². The fraction of sp³-hybridized carbons (Fsp3) is 0.293. The Hall–Kier alpha value is -8.41. The summed E-state index contributed by atoms with van der Waals surface area (Å²) in [6.45, 7) is 1.73. The molecule has 10 rings (SSSR count). The number of halogens is 3. The Morgan fingerprint density at radius 2 is 1.53 bits per heavy atom. The van der Waals surface area contributed by atoms with Gasteiger partial charge in [0.05, 0.1) is 64.8 Å². The zero-order valence-electron chi connectivity index (χ0n) is 44.3. The van der Waals surface area contributed by atoms with Gasteiger partial charge in [-0.15, -0.1) is 23.1 Å². The van der Waals surface area contributed by atoms with Crippen molar-refractivity contribution in [3.63, 3.8) is 0 Å². The number of methoxy groups -OCH3 is 1. The summed E-state index contributed by atoms with van der Waals surface area (Å²) in [6, 6.07) is 40.3. The molecule has 1 aromatic heterocycles. The molecule has 4 aliphatic heterocycles. The highest BCUT2D eigenvalue weighted by molar-refractivity contribution is 8.00. The largest absolute Gasteiger partial charge is 0.497 e. The van der Waals surface area contributed by atoms with Crippen molar-refractivity contribution in [2.24, 2.45) is 5.16 Å². The molecule has 0 radical (unpaired) electrons. The number of rotatable bonds is 20. The molecule has 420 valence electrons. The van der Waals surface area contributed by atoms with Gasteiger partial charge in [-0.25, -0.2) is 19.0 Å². The van der Waals surface area contributed by atoms with Gasteiger partial charge in [0.2, 0.25) is 0 Å². The van der Waals surface area contributed by atoms with Crippen molar-refractivity contribution in [2.45, 2.75) is 36.1 Å². The van der Waals surface area contributed by atoms with Crippen LogP contribution in [0.3, 0.4) is 0 Å². The lowest BCUT2D eigenvalue weighted by Crippen LogP contribution is -2.71. The third-order valence-electron chi connectivity index (χ3n) is 14.7. The van der Waals surface area contributed by atoms with E-state index in [1.54, 1.807) is 48.9 Å². The first-order valence-corrected chi connectivity index (χ1v) is 27.8. The minimum Gasteiger partial charge on any atom is -0.497 e. The standard InChI is InChI=1S/C58H56F3N9O9S2/c1-70(27-25-67(26-28-70)46-24-21-41(29-44(46)59)68-31-43(79-57(68)75)30-62-52(72)50(60)61)32-37-34-80-54-48(53(73)69(54)49(37)55(74)78-33-36-19-22-42(76-2)23-20-36)64-51(71)47(66-77-3)45-35-81-56(63-45)65-58(38-13-7-4-8-14-38,39-15-9-5-10-16-39)40-17-11-6-12-18-40/h4-24,29,35,43,48,50,54H,25-28,30-34H2,1-3H3,(H2-,62,63,64,65,71,72)/p+1/b66-47-/t43-,48+,54?/m0/s1. The summed E-state index contributed by atoms with van der Waals surface area (Å²) in [4.78, 5) is 81.8. The van der Waals surface area contributed by atoms with Gasteiger partial charge in [-0.3, -0.25) is 24.2 Å². The Kier molecular flexibility index (Phi) is 16.6. The van der Waals surface area contributed by atoms with Crippen molar-refractivity contribution < 1.29 is 60.7 Å². The van der Waals surface area contributed by atoms with Crippen LogP contribution in [0.4, 0.5) is 34.5 Å². The molecule has 23 heteroatoms. The van der Waals surface area contributed by atoms with Crippen LogP contribution in [-0.2, 0) is 45.6 Å². The summed E-state index contributed by atoms with van der Waals surface area (Å²) in [5.41, 5.74) is 3.97. The van der Waals surface area contributed by atoms with Gasteiger partial charge in [-0.05, 0) is 52.6 Å². The van der Waals surface area contributed by atoms with E-state index in [1.165, 1.54) is 46.1 Å². The monoisotopic (exact) mass is 1140 g/mol. The lowest BCUT2D eigenvalue weighted by molar-refractivity contribution is -0.905. The minimum absolute atomic E-state index is 0.0792. The number of β-lactam (4-membered cyclic amide) rings is 1. The van der Waals surface area contributed by atoms with Crippen LogP contribution in [0.2, 0.25) is 0 Å². The lowest BCUT2D eigenvalue weighted by Gasteiger charge is -2.50. The molecule has 0 saturated carbocycles. The number of oxime groups is 1. The van der Waals surface area contributed by atoms with Crippen LogP contribution in [0.1, 0.15) is 27.9 Å². The number of hydrogen-bond donors (Lipinski definition) is 3. The third kappa shape index (κ3) is 11.8. The number of ether oxygens (including phenoxy) is 3. The Balaban J connectivity index is 0.844. The molecule has 4 aliphatic rings. The third-order valence-corrected chi connectivity index (χ3v) is 16.8. The van der Waals surface area contributed by atoms with Gasteiger partial charge in [0, 0.05) is 16.7 Å². The number of benzene rings is 5. The molecule has 5 heterocycles. The molecule has 5 aromatic carbocycles. The SMILES string of the molecule is CO/N=C(\C(=O)N[C@@H]1C(=O)N2C(C(=O)OCc3ccc(OC)cc3)=C(C[N+]3(C)CCN(c4ccc(N5C[C@H](CNC(=O)C(F)F)OC5=O)cc4F)CC3)CSC12)c1csc(NC(c2ccccc2)(c2ccccc2)c2ccccc2)n1. The van der Waals surface area contributed by atoms with Crippen LogP contribution in [0, 0.1) is 5.82 Å². The summed E-state index contributed by atoms with van der Waals surface area (Å²) >= 11 is 2.68. The first-order valence-electron chi connectivity index (χ1n) is 25.9. The van der Waals surface area contributed by atoms with Crippen molar-refractivity contribution in [1.82, 2.24) is 20.5 Å². The van der Waals surface area contributed by atoms with Crippen molar-refractivity contribution in [3.8, 4) is 5.75 Å². The van der Waals surface area contributed by atoms with Crippen LogP contribution in [0.25, 0.3) is 0 Å². The van der Waals surface area contributed by atoms with E-state index in [-0.39, 0.29) is 42.5 Å². The number of quaternary nitrogens is 1. The maximum Gasteiger partial charge on any atom is 0.414 e. The molecule has 0 bridgehead atoms. The number of aromatic nitrogens is 1. The normalized spacial score (nSPS) is 18.9. The summed E-state index contributed by atoms with van der Waals surface area (Å²) in [5, 5.41) is 14.2. The number of likely N-dealkylation sites (N-methyl/N-ethyl adjacent to an activating group) is 1. The van der Waals surface area contributed by atoms with E-state index >= 15 is 4.39 Å². The quantitative estimate of drug-likeness (QED) is 0.0175. The molecule has 1 unspecified atom stereocenters. The number of hydrogen-bond acceptors (Lipinski definition) is 15. The average molecular weight is 1150 g/mol. The fourth-order valence-electron chi connectivity index (χ4n) is 10.5. The molecule has 81 heavy (non-hydrogen) atoms. The lowest BCUT2D eigenvalue weighted by atomic mass is 9.77. The Morgan fingerprint density at radius 1 is 0.889 bits per heavy atom. The number of anilines is 3. The Morgan fingerprint density at radius 3 is 2.12 bits per heavy atom. The van der Waals surface area contributed by atoms with Gasteiger partial charge < -0.3 is 44.4 Å². The van der Waals surface area contributed by atoms with Gasteiger partial charge in [0.15, 0.2) is 10.8 Å². The van der Waals surface area contributed by atoms with Gasteiger partial charge in [-0.1, -0.05) is 108 Å². The molecule has 6 aromatic rings. The highest BCUT2D eigenvalue weighted by atomic mass is 32.2. The van der Waals surface area contributed by atoms with Crippen molar-refractivity contribution in [3.05, 3.63) is 184 Å². The van der Waals surface area contributed by atoms with E-state index < -0.39 is 65.1 Å². The van der Waals surface area contributed by atoms with Crippen LogP contribution in [0.5, 0.6) is 5.75 Å². The zero-order chi connectivity index (χ0) is 56.8. The number of nitrogens with one attached hydrogen (secondary N) is 3. The summed E-state index contributed by atoms with van der Waals surface area (Å²) in [5.74, 6) is -3.06. The number of thiazole rings is 1. The molecule has 4 amide bonds. The van der Waals surface area contributed by atoms with Crippen molar-refractivity contribution in [2.75, 3.05) is 88.0 Å². The molecular weight excluding hydrogens is 1090 g/mol. The number of amides is 4. The van der Waals surface area contributed by atoms with E-state index in [2.05, 4.69) is 15.8 Å². The van der Waals surface area contributed by atoms with Crippen LogP contribution in [0.15, 0.2) is 155 Å². The number of nitrogens with zero attached hydrogens (tertiary/aromatic N) is 6. The van der Waals surface area contributed by atoms with Gasteiger partial charge in [0.1, 0.15) is 66.3 Å². The topological polar surface area (TPSA) is 193 Å². The molecule has 3 N–H and O–H groups in total. The predicted molar refractivity (Wildman–Crippen MR) is 299 cm³/mol. The first kappa shape index (κ1) is 55.9. The predicted octanol–water partition coefficient (Wildman–Crippen LogP) is 7.12. The number of esters is 1. The number of thioether (sulfide) groups is 1. The molecule has 0 aliphatic carbocycles. The second kappa shape index (κ2) is 24.1. The Labute approximate surface area is 473 Å². The van der Waals surface area contributed by atoms with Gasteiger partial charge in [0.25, 0.3) is 17.7 Å². The number of cyclic esters (lactones) is 1. The van der Waals surface area contributed by atoms with E-state index in [9.17, 15) is 32.8 Å². The number of piperazine rings is 1. The molecule has 3 saturated heterocycles. The zero-order valence-corrected chi connectivity index (χ0v) is 45.9. The molecule has 3 atom stereocenters. The summed E-state index contributed by atoms with van der Waals surface area (Å²) < 4.78 is 58.1. The minimum atomic E-state index is -3.22.